The minimum Gasteiger partial charge on any atom is -0.343 e. The van der Waals surface area contributed by atoms with Gasteiger partial charge in [0.25, 0.3) is 0 Å². The predicted molar refractivity (Wildman–Crippen MR) is 123 cm³/mol. The molecule has 1 aliphatic rings. The summed E-state index contributed by atoms with van der Waals surface area (Å²) in [5.74, 6) is 1.06. The minimum absolute atomic E-state index is 0.0486. The van der Waals surface area contributed by atoms with E-state index in [2.05, 4.69) is 126 Å². The van der Waals surface area contributed by atoms with E-state index in [1.54, 1.807) is 0 Å². The Balaban J connectivity index is 1.65. The molecule has 0 saturated carbocycles. The van der Waals surface area contributed by atoms with Gasteiger partial charge in [-0.1, -0.05) is 121 Å². The summed E-state index contributed by atoms with van der Waals surface area (Å²) in [5, 5.41) is 0. The van der Waals surface area contributed by atoms with Crippen molar-refractivity contribution in [3.8, 4) is 0 Å². The topological polar surface area (TPSA) is 15.6 Å². The van der Waals surface area contributed by atoms with Crippen molar-refractivity contribution in [1.82, 2.24) is 4.90 Å². The van der Waals surface area contributed by atoms with E-state index in [0.717, 1.165) is 17.9 Å². The van der Waals surface area contributed by atoms with E-state index < -0.39 is 0 Å². The maximum absolute atomic E-state index is 5.31. The van der Waals surface area contributed by atoms with Crippen LogP contribution in [0, 0.1) is 0 Å². The molecule has 2 atom stereocenters. The van der Waals surface area contributed by atoms with E-state index in [0.29, 0.717) is 0 Å². The van der Waals surface area contributed by atoms with Crippen LogP contribution in [-0.4, -0.2) is 10.7 Å². The van der Waals surface area contributed by atoms with Crippen LogP contribution in [0.3, 0.4) is 0 Å². The van der Waals surface area contributed by atoms with Crippen LogP contribution in [0.1, 0.15) is 34.3 Å². The van der Waals surface area contributed by atoms with E-state index in [9.17, 15) is 0 Å². The summed E-state index contributed by atoms with van der Waals surface area (Å²) >= 11 is 0. The Bertz CT molecular complexity index is 1110. The minimum atomic E-state index is 0.0486. The van der Waals surface area contributed by atoms with Crippen molar-refractivity contribution >= 4 is 5.84 Å². The quantitative estimate of drug-likeness (QED) is 0.384. The summed E-state index contributed by atoms with van der Waals surface area (Å²) in [5.41, 5.74) is 4.98. The Morgan fingerprint density at radius 3 is 1.67 bits per heavy atom. The second-order valence-corrected chi connectivity index (χ2v) is 7.64. The number of amidine groups is 1. The molecule has 0 unspecified atom stereocenters. The van der Waals surface area contributed by atoms with E-state index >= 15 is 0 Å². The van der Waals surface area contributed by atoms with Crippen molar-refractivity contribution in [2.75, 3.05) is 0 Å². The number of hydrogen-bond donors (Lipinski definition) is 0. The molecule has 0 amide bonds. The molecule has 0 radical (unpaired) electrons. The van der Waals surface area contributed by atoms with Gasteiger partial charge in [-0.05, 0) is 16.7 Å². The fourth-order valence-corrected chi connectivity index (χ4v) is 4.28. The van der Waals surface area contributed by atoms with Crippen molar-refractivity contribution in [2.45, 2.75) is 18.6 Å². The van der Waals surface area contributed by atoms with Crippen LogP contribution in [0.15, 0.2) is 126 Å². The van der Waals surface area contributed by atoms with Crippen LogP contribution in [0.4, 0.5) is 0 Å². The Kier molecular flexibility index (Phi) is 5.14. The molecule has 5 rings (SSSR count). The highest BCUT2D eigenvalue weighted by atomic mass is 15.3. The van der Waals surface area contributed by atoms with Crippen LogP contribution < -0.4 is 0 Å². The third-order valence-corrected chi connectivity index (χ3v) is 5.68. The van der Waals surface area contributed by atoms with Gasteiger partial charge in [0.05, 0.1) is 6.04 Å². The predicted octanol–water partition coefficient (Wildman–Crippen LogP) is 6.43. The molecule has 30 heavy (non-hydrogen) atoms. The molecule has 0 saturated heterocycles. The van der Waals surface area contributed by atoms with Gasteiger partial charge in [0.2, 0.25) is 0 Å². The van der Waals surface area contributed by atoms with Crippen molar-refractivity contribution in [2.24, 2.45) is 4.99 Å². The number of rotatable bonds is 5. The monoisotopic (exact) mass is 388 g/mol. The van der Waals surface area contributed by atoms with Gasteiger partial charge in [-0.25, -0.2) is 0 Å². The number of aliphatic imine (C=N–C) groups is 1. The van der Waals surface area contributed by atoms with E-state index in [4.69, 9.17) is 4.99 Å². The first-order valence-corrected chi connectivity index (χ1v) is 10.4. The summed E-state index contributed by atoms with van der Waals surface area (Å²) < 4.78 is 0. The summed E-state index contributed by atoms with van der Waals surface area (Å²) in [6.07, 6.45) is 0. The standard InChI is InChI=1S/C28H24N2/c1-5-13-22(14-6-1)21-30-27(24-17-9-3-10-18-24)26(23-15-7-2-8-16-23)29-28(30)25-19-11-4-12-20-25/h1-20,26-27H,21H2/t26-,27+/m0/s1. The Labute approximate surface area is 178 Å². The molecule has 2 nitrogen and oxygen atoms in total. The molecule has 0 bridgehead atoms. The lowest BCUT2D eigenvalue weighted by Crippen LogP contribution is -2.31. The molecule has 146 valence electrons. The fourth-order valence-electron chi connectivity index (χ4n) is 4.28. The first kappa shape index (κ1) is 18.4. The second-order valence-electron chi connectivity index (χ2n) is 7.64. The third kappa shape index (κ3) is 3.65. The summed E-state index contributed by atoms with van der Waals surface area (Å²) in [6.45, 7) is 0.817. The number of hydrogen-bond acceptors (Lipinski definition) is 2. The average molecular weight is 389 g/mol. The highest BCUT2D eigenvalue weighted by Gasteiger charge is 2.38. The van der Waals surface area contributed by atoms with Crippen LogP contribution in [0.25, 0.3) is 0 Å². The van der Waals surface area contributed by atoms with Crippen molar-refractivity contribution in [3.05, 3.63) is 144 Å². The van der Waals surface area contributed by atoms with Gasteiger partial charge in [-0.3, -0.25) is 4.99 Å². The van der Waals surface area contributed by atoms with Gasteiger partial charge in [-0.2, -0.15) is 0 Å². The van der Waals surface area contributed by atoms with Gasteiger partial charge in [0.1, 0.15) is 11.9 Å². The van der Waals surface area contributed by atoms with Crippen molar-refractivity contribution in [3.63, 3.8) is 0 Å². The molecule has 0 fully saturated rings. The molecule has 4 aromatic rings. The zero-order valence-corrected chi connectivity index (χ0v) is 16.8. The van der Waals surface area contributed by atoms with Gasteiger partial charge >= 0.3 is 0 Å². The second kappa shape index (κ2) is 8.38. The molecular formula is C28H24N2. The third-order valence-electron chi connectivity index (χ3n) is 5.68. The number of nitrogens with zero attached hydrogens (tertiary/aromatic N) is 2. The van der Waals surface area contributed by atoms with Gasteiger partial charge in [-0.15, -0.1) is 0 Å². The van der Waals surface area contributed by atoms with Crippen molar-refractivity contribution in [1.29, 1.82) is 0 Å². The largest absolute Gasteiger partial charge is 0.343 e. The van der Waals surface area contributed by atoms with Gasteiger partial charge in [0, 0.05) is 12.1 Å². The molecule has 0 spiro atoms. The van der Waals surface area contributed by atoms with E-state index in [1.807, 2.05) is 0 Å². The molecular weight excluding hydrogens is 364 g/mol. The van der Waals surface area contributed by atoms with Crippen molar-refractivity contribution < 1.29 is 0 Å². The molecule has 1 aliphatic heterocycles. The van der Waals surface area contributed by atoms with Gasteiger partial charge in [0.15, 0.2) is 0 Å². The molecule has 1 heterocycles. The smallest absolute Gasteiger partial charge is 0.132 e. The Morgan fingerprint density at radius 2 is 1.07 bits per heavy atom. The Morgan fingerprint density at radius 1 is 0.567 bits per heavy atom. The fraction of sp³-hybridized carbons (Fsp3) is 0.107. The van der Waals surface area contributed by atoms with E-state index in [1.165, 1.54) is 16.7 Å². The highest BCUT2D eigenvalue weighted by molar-refractivity contribution is 6.00. The average Bonchev–Trinajstić information content (AvgIpc) is 3.20. The Hall–Kier alpha value is -3.65. The normalized spacial score (nSPS) is 18.3. The van der Waals surface area contributed by atoms with Crippen LogP contribution >= 0.6 is 0 Å². The first-order chi connectivity index (χ1) is 14.9. The summed E-state index contributed by atoms with van der Waals surface area (Å²) in [7, 11) is 0. The molecule has 4 aromatic carbocycles. The lowest BCUT2D eigenvalue weighted by atomic mass is 9.93. The lowest BCUT2D eigenvalue weighted by molar-refractivity contribution is 0.304. The summed E-state index contributed by atoms with van der Waals surface area (Å²) in [6, 6.07) is 42.9. The number of benzene rings is 4. The van der Waals surface area contributed by atoms with Gasteiger partial charge < -0.3 is 4.90 Å². The molecule has 2 heteroatoms. The zero-order valence-electron chi connectivity index (χ0n) is 16.8. The van der Waals surface area contributed by atoms with Crippen LogP contribution in [0.5, 0.6) is 0 Å². The van der Waals surface area contributed by atoms with Crippen LogP contribution in [0.2, 0.25) is 0 Å². The highest BCUT2D eigenvalue weighted by Crippen LogP contribution is 2.44. The maximum Gasteiger partial charge on any atom is 0.132 e. The molecule has 0 N–H and O–H groups in total. The molecule has 0 aliphatic carbocycles. The first-order valence-electron chi connectivity index (χ1n) is 10.4. The summed E-state index contributed by atoms with van der Waals surface area (Å²) in [4.78, 5) is 7.78. The van der Waals surface area contributed by atoms with E-state index in [-0.39, 0.29) is 12.1 Å². The zero-order chi connectivity index (χ0) is 20.2. The van der Waals surface area contributed by atoms with Crippen LogP contribution in [-0.2, 0) is 6.54 Å². The molecule has 0 aromatic heterocycles. The SMILES string of the molecule is c1ccc(CN2C(c3ccccc3)=N[C@@H](c3ccccc3)[C@H]2c2ccccc2)cc1. The maximum atomic E-state index is 5.31. The lowest BCUT2D eigenvalue weighted by Gasteiger charge is -2.31.